The predicted octanol–water partition coefficient (Wildman–Crippen LogP) is 7.60. The summed E-state index contributed by atoms with van der Waals surface area (Å²) < 4.78 is 39.7. The van der Waals surface area contributed by atoms with E-state index in [1.165, 1.54) is 11.6 Å². The van der Waals surface area contributed by atoms with E-state index in [0.29, 0.717) is 5.69 Å². The van der Waals surface area contributed by atoms with Gasteiger partial charge < -0.3 is 5.32 Å². The third-order valence-corrected chi connectivity index (χ3v) is 6.09. The average molecular weight is 473 g/mol. The molecule has 3 aromatic carbocycles. The van der Waals surface area contributed by atoms with Gasteiger partial charge in [0.15, 0.2) is 0 Å². The Bertz CT molecular complexity index is 1330. The number of amides is 1. The van der Waals surface area contributed by atoms with Crippen LogP contribution in [0.1, 0.15) is 16.7 Å². The second-order valence-electron chi connectivity index (χ2n) is 7.12. The van der Waals surface area contributed by atoms with E-state index in [2.05, 4.69) is 16.4 Å². The fraction of sp³-hybridized carbons (Fsp3) is 0.0833. The number of aryl methyl sites for hydroxylation is 1. The van der Waals surface area contributed by atoms with Crippen LogP contribution in [0.5, 0.6) is 0 Å². The summed E-state index contributed by atoms with van der Waals surface area (Å²) in [5.41, 5.74) is 2.86. The van der Waals surface area contributed by atoms with Crippen molar-refractivity contribution in [2.45, 2.75) is 13.1 Å². The number of halogens is 4. The highest BCUT2D eigenvalue weighted by atomic mass is 35.5. The Labute approximate surface area is 191 Å². The summed E-state index contributed by atoms with van der Waals surface area (Å²) in [7, 11) is 0. The standard InChI is InChI=1S/C24H16ClF3N2OS/c1-14-2-10-20-21(12-14)32-23(30-20)15-3-7-18(8-4-15)29-22(31)11-5-16-13-17(24(26,27)28)6-9-19(16)25/h2-13H,1H3,(H,29,31). The Morgan fingerprint density at radius 3 is 2.53 bits per heavy atom. The smallest absolute Gasteiger partial charge is 0.323 e. The molecule has 32 heavy (non-hydrogen) atoms. The molecule has 4 rings (SSSR count). The van der Waals surface area contributed by atoms with Gasteiger partial charge in [-0.1, -0.05) is 17.7 Å². The summed E-state index contributed by atoms with van der Waals surface area (Å²) >= 11 is 7.54. The van der Waals surface area contributed by atoms with Gasteiger partial charge >= 0.3 is 6.18 Å². The molecular weight excluding hydrogens is 457 g/mol. The summed E-state index contributed by atoms with van der Waals surface area (Å²) in [5.74, 6) is -0.485. The number of rotatable bonds is 4. The zero-order valence-corrected chi connectivity index (χ0v) is 18.3. The summed E-state index contributed by atoms with van der Waals surface area (Å²) in [6, 6.07) is 16.3. The van der Waals surface area contributed by atoms with Crippen LogP contribution in [-0.4, -0.2) is 10.9 Å². The number of aromatic nitrogens is 1. The van der Waals surface area contributed by atoms with Crippen molar-refractivity contribution >= 4 is 50.8 Å². The first kappa shape index (κ1) is 22.0. The zero-order valence-electron chi connectivity index (χ0n) is 16.7. The van der Waals surface area contributed by atoms with Gasteiger partial charge in [0.25, 0.3) is 0 Å². The van der Waals surface area contributed by atoms with Gasteiger partial charge in [-0.2, -0.15) is 13.2 Å². The second-order valence-corrected chi connectivity index (χ2v) is 8.56. The average Bonchev–Trinajstić information content (AvgIpc) is 3.16. The molecule has 1 aromatic heterocycles. The molecule has 1 heterocycles. The molecular formula is C24H16ClF3N2OS. The lowest BCUT2D eigenvalue weighted by atomic mass is 10.1. The van der Waals surface area contributed by atoms with Crippen LogP contribution in [0.2, 0.25) is 5.02 Å². The fourth-order valence-electron chi connectivity index (χ4n) is 3.05. The number of alkyl halides is 3. The molecule has 0 unspecified atom stereocenters. The Morgan fingerprint density at radius 1 is 1.06 bits per heavy atom. The van der Waals surface area contributed by atoms with Crippen LogP contribution in [0, 0.1) is 6.92 Å². The van der Waals surface area contributed by atoms with Crippen molar-refractivity contribution in [2.75, 3.05) is 5.32 Å². The largest absolute Gasteiger partial charge is 0.416 e. The molecule has 8 heteroatoms. The molecule has 0 aliphatic carbocycles. The highest BCUT2D eigenvalue weighted by Crippen LogP contribution is 2.33. The Kier molecular flexibility index (Phi) is 6.04. The molecule has 0 aliphatic heterocycles. The third-order valence-electron chi connectivity index (χ3n) is 4.68. The quantitative estimate of drug-likeness (QED) is 0.311. The van der Waals surface area contributed by atoms with Crippen LogP contribution in [0.3, 0.4) is 0 Å². The maximum absolute atomic E-state index is 12.9. The van der Waals surface area contributed by atoms with Gasteiger partial charge in [0.2, 0.25) is 5.91 Å². The minimum Gasteiger partial charge on any atom is -0.323 e. The van der Waals surface area contributed by atoms with Gasteiger partial charge in [-0.3, -0.25) is 4.79 Å². The van der Waals surface area contributed by atoms with Gasteiger partial charge in [0, 0.05) is 22.3 Å². The first-order valence-electron chi connectivity index (χ1n) is 9.52. The van der Waals surface area contributed by atoms with Crippen LogP contribution >= 0.6 is 22.9 Å². The van der Waals surface area contributed by atoms with Crippen LogP contribution < -0.4 is 5.32 Å². The van der Waals surface area contributed by atoms with Crippen molar-refractivity contribution in [1.82, 2.24) is 4.98 Å². The van der Waals surface area contributed by atoms with E-state index in [4.69, 9.17) is 11.6 Å². The number of anilines is 1. The zero-order chi connectivity index (χ0) is 22.9. The van der Waals surface area contributed by atoms with E-state index >= 15 is 0 Å². The molecule has 0 spiro atoms. The van der Waals surface area contributed by atoms with E-state index in [0.717, 1.165) is 45.1 Å². The van der Waals surface area contributed by atoms with Crippen molar-refractivity contribution in [3.05, 3.63) is 88.5 Å². The van der Waals surface area contributed by atoms with E-state index in [1.54, 1.807) is 23.5 Å². The van der Waals surface area contributed by atoms with E-state index in [9.17, 15) is 18.0 Å². The Balaban J connectivity index is 1.46. The molecule has 0 atom stereocenters. The van der Waals surface area contributed by atoms with Gasteiger partial charge in [0.1, 0.15) is 5.01 Å². The lowest BCUT2D eigenvalue weighted by Crippen LogP contribution is -2.07. The third kappa shape index (κ3) is 5.00. The molecule has 0 saturated carbocycles. The van der Waals surface area contributed by atoms with Gasteiger partial charge in [0.05, 0.1) is 15.8 Å². The number of carbonyl (C=O) groups is 1. The monoisotopic (exact) mass is 472 g/mol. The molecule has 4 aromatic rings. The number of thiazole rings is 1. The molecule has 3 nitrogen and oxygen atoms in total. The summed E-state index contributed by atoms with van der Waals surface area (Å²) in [6.07, 6.45) is -2.09. The number of hydrogen-bond donors (Lipinski definition) is 1. The van der Waals surface area contributed by atoms with Gasteiger partial charge in [-0.05, 0) is 78.7 Å². The minimum atomic E-state index is -4.49. The summed E-state index contributed by atoms with van der Waals surface area (Å²) in [5, 5.41) is 3.68. The maximum Gasteiger partial charge on any atom is 0.416 e. The Hall–Kier alpha value is -3.16. The summed E-state index contributed by atoms with van der Waals surface area (Å²) in [4.78, 5) is 16.8. The van der Waals surface area contributed by atoms with E-state index < -0.39 is 17.6 Å². The lowest BCUT2D eigenvalue weighted by Gasteiger charge is -2.08. The van der Waals surface area contributed by atoms with E-state index in [1.807, 2.05) is 31.2 Å². The molecule has 0 radical (unpaired) electrons. The van der Waals surface area contributed by atoms with Gasteiger partial charge in [-0.15, -0.1) is 11.3 Å². The van der Waals surface area contributed by atoms with Gasteiger partial charge in [-0.25, -0.2) is 4.98 Å². The van der Waals surface area contributed by atoms with Crippen LogP contribution in [-0.2, 0) is 11.0 Å². The SMILES string of the molecule is Cc1ccc2nc(-c3ccc(NC(=O)C=Cc4cc(C(F)(F)F)ccc4Cl)cc3)sc2c1. The first-order valence-corrected chi connectivity index (χ1v) is 10.7. The van der Waals surface area contributed by atoms with Crippen molar-refractivity contribution in [3.63, 3.8) is 0 Å². The minimum absolute atomic E-state index is 0.109. The maximum atomic E-state index is 12.9. The van der Waals surface area contributed by atoms with Crippen molar-refractivity contribution in [3.8, 4) is 10.6 Å². The molecule has 162 valence electrons. The molecule has 1 N–H and O–H groups in total. The molecule has 0 aliphatic rings. The number of nitrogens with zero attached hydrogens (tertiary/aromatic N) is 1. The second kappa shape index (κ2) is 8.76. The molecule has 0 fully saturated rings. The molecule has 1 amide bonds. The topological polar surface area (TPSA) is 42.0 Å². The van der Waals surface area contributed by atoms with Crippen LogP contribution in [0.4, 0.5) is 18.9 Å². The highest BCUT2D eigenvalue weighted by molar-refractivity contribution is 7.21. The van der Waals surface area contributed by atoms with Crippen molar-refractivity contribution < 1.29 is 18.0 Å². The van der Waals surface area contributed by atoms with Crippen molar-refractivity contribution in [1.29, 1.82) is 0 Å². The number of hydrogen-bond acceptors (Lipinski definition) is 3. The number of benzene rings is 3. The molecule has 0 saturated heterocycles. The first-order chi connectivity index (χ1) is 15.2. The van der Waals surface area contributed by atoms with Crippen LogP contribution in [0.25, 0.3) is 26.9 Å². The van der Waals surface area contributed by atoms with Crippen molar-refractivity contribution in [2.24, 2.45) is 0 Å². The van der Waals surface area contributed by atoms with E-state index in [-0.39, 0.29) is 10.6 Å². The van der Waals surface area contributed by atoms with Crippen LogP contribution in [0.15, 0.2) is 66.7 Å². The number of carbonyl (C=O) groups excluding carboxylic acids is 1. The predicted molar refractivity (Wildman–Crippen MR) is 124 cm³/mol. The summed E-state index contributed by atoms with van der Waals surface area (Å²) in [6.45, 7) is 2.03. The number of nitrogens with one attached hydrogen (secondary N) is 1. The normalized spacial score (nSPS) is 11.9. The number of fused-ring (bicyclic) bond motifs is 1. The highest BCUT2D eigenvalue weighted by Gasteiger charge is 2.30. The lowest BCUT2D eigenvalue weighted by molar-refractivity contribution is -0.137. The fourth-order valence-corrected chi connectivity index (χ4v) is 4.30. The Morgan fingerprint density at radius 2 is 1.81 bits per heavy atom. The molecule has 0 bridgehead atoms.